The third-order valence-corrected chi connectivity index (χ3v) is 2.13. The van der Waals surface area contributed by atoms with E-state index in [1.807, 2.05) is 20.3 Å². The molecule has 0 saturated heterocycles. The monoisotopic (exact) mass is 168 g/mol. The largest absolute Gasteiger partial charge is 0.392 e. The Morgan fingerprint density at radius 2 is 1.83 bits per heavy atom. The molecule has 0 aromatic heterocycles. The van der Waals surface area contributed by atoms with Crippen molar-refractivity contribution in [2.24, 2.45) is 0 Å². The average Bonchev–Trinajstić information content (AvgIpc) is 2.11. The highest BCUT2D eigenvalue weighted by atomic mass is 14.9. The van der Waals surface area contributed by atoms with Crippen molar-refractivity contribution in [1.82, 2.24) is 10.6 Å². The summed E-state index contributed by atoms with van der Waals surface area (Å²) in [6, 6.07) is 0. The van der Waals surface area contributed by atoms with Gasteiger partial charge >= 0.3 is 0 Å². The second-order valence-corrected chi connectivity index (χ2v) is 2.86. The summed E-state index contributed by atoms with van der Waals surface area (Å²) in [6.07, 6.45) is 3.09. The summed E-state index contributed by atoms with van der Waals surface area (Å²) in [5.74, 6) is 0. The molecule has 2 nitrogen and oxygen atoms in total. The van der Waals surface area contributed by atoms with Crippen molar-refractivity contribution in [1.29, 1.82) is 0 Å². The van der Waals surface area contributed by atoms with Crippen molar-refractivity contribution in [3.63, 3.8) is 0 Å². The van der Waals surface area contributed by atoms with Gasteiger partial charge in [0.25, 0.3) is 0 Å². The zero-order valence-corrected chi connectivity index (χ0v) is 8.78. The Morgan fingerprint density at radius 3 is 2.17 bits per heavy atom. The number of nitrogens with one attached hydrogen (secondary N) is 2. The summed E-state index contributed by atoms with van der Waals surface area (Å²) in [4.78, 5) is 0. The van der Waals surface area contributed by atoms with Gasteiger partial charge in [0.15, 0.2) is 0 Å². The lowest BCUT2D eigenvalue weighted by Gasteiger charge is -2.10. The van der Waals surface area contributed by atoms with Crippen LogP contribution in [0.1, 0.15) is 27.2 Å². The van der Waals surface area contributed by atoms with Crippen molar-refractivity contribution in [2.75, 3.05) is 14.1 Å². The van der Waals surface area contributed by atoms with Crippen LogP contribution in [-0.4, -0.2) is 14.1 Å². The van der Waals surface area contributed by atoms with Gasteiger partial charge < -0.3 is 10.6 Å². The van der Waals surface area contributed by atoms with Gasteiger partial charge in [-0.25, -0.2) is 0 Å². The second kappa shape index (κ2) is 5.70. The van der Waals surface area contributed by atoms with Gasteiger partial charge in [0.2, 0.25) is 0 Å². The molecule has 0 amide bonds. The van der Waals surface area contributed by atoms with Gasteiger partial charge in [-0.1, -0.05) is 12.5 Å². The Bertz CT molecular complexity index is 190. The van der Waals surface area contributed by atoms with Crippen LogP contribution in [0.25, 0.3) is 0 Å². The number of allylic oxidation sites excluding steroid dienone is 2. The van der Waals surface area contributed by atoms with Crippen LogP contribution < -0.4 is 10.6 Å². The van der Waals surface area contributed by atoms with Gasteiger partial charge in [-0.15, -0.1) is 0 Å². The maximum atomic E-state index is 3.16. The molecule has 2 heteroatoms. The summed E-state index contributed by atoms with van der Waals surface area (Å²) in [6.45, 7) is 6.47. The molecule has 0 radical (unpaired) electrons. The highest BCUT2D eigenvalue weighted by molar-refractivity contribution is 5.30. The Morgan fingerprint density at radius 1 is 1.25 bits per heavy atom. The van der Waals surface area contributed by atoms with Gasteiger partial charge in [-0.05, 0) is 25.8 Å². The van der Waals surface area contributed by atoms with Crippen molar-refractivity contribution < 1.29 is 0 Å². The Labute approximate surface area is 75.7 Å². The predicted molar refractivity (Wildman–Crippen MR) is 54.9 cm³/mol. The lowest BCUT2D eigenvalue weighted by molar-refractivity contribution is 0.928. The topological polar surface area (TPSA) is 24.1 Å². The second-order valence-electron chi connectivity index (χ2n) is 2.86. The molecule has 0 heterocycles. The molecule has 0 fully saturated rings. The van der Waals surface area contributed by atoms with E-state index in [2.05, 4.69) is 31.4 Å². The lowest BCUT2D eigenvalue weighted by Crippen LogP contribution is -2.11. The van der Waals surface area contributed by atoms with E-state index in [9.17, 15) is 0 Å². The minimum Gasteiger partial charge on any atom is -0.392 e. The molecule has 12 heavy (non-hydrogen) atoms. The van der Waals surface area contributed by atoms with Crippen molar-refractivity contribution in [3.05, 3.63) is 23.0 Å². The molecule has 0 bridgehead atoms. The van der Waals surface area contributed by atoms with E-state index in [0.717, 1.165) is 12.1 Å². The molecule has 0 spiro atoms. The first-order chi connectivity index (χ1) is 5.67. The Balaban J connectivity index is 4.63. The van der Waals surface area contributed by atoms with E-state index in [1.54, 1.807) is 0 Å². The van der Waals surface area contributed by atoms with E-state index < -0.39 is 0 Å². The molecule has 0 aliphatic rings. The standard InChI is InChI=1S/C10H20N2/c1-6-8(2)9(3)10(12-5)7-11-4/h7,11-12H,6H2,1-5H3/b9-8-,10-7+. The van der Waals surface area contributed by atoms with Crippen LogP contribution >= 0.6 is 0 Å². The van der Waals surface area contributed by atoms with Crippen molar-refractivity contribution >= 4 is 0 Å². The third kappa shape index (κ3) is 2.99. The zero-order valence-electron chi connectivity index (χ0n) is 8.78. The molecule has 0 aliphatic carbocycles. The van der Waals surface area contributed by atoms with E-state index in [-0.39, 0.29) is 0 Å². The average molecular weight is 168 g/mol. The van der Waals surface area contributed by atoms with Crippen LogP contribution in [-0.2, 0) is 0 Å². The smallest absolute Gasteiger partial charge is 0.0526 e. The first kappa shape index (κ1) is 11.1. The van der Waals surface area contributed by atoms with Crippen LogP contribution in [0.2, 0.25) is 0 Å². The van der Waals surface area contributed by atoms with Gasteiger partial charge in [-0.2, -0.15) is 0 Å². The van der Waals surface area contributed by atoms with Crippen LogP contribution in [0.15, 0.2) is 23.0 Å². The number of hydrogen-bond acceptors (Lipinski definition) is 2. The van der Waals surface area contributed by atoms with Crippen LogP contribution in [0, 0.1) is 0 Å². The zero-order chi connectivity index (χ0) is 9.56. The quantitative estimate of drug-likeness (QED) is 0.627. The van der Waals surface area contributed by atoms with Gasteiger partial charge in [0.05, 0.1) is 5.70 Å². The molecule has 2 N–H and O–H groups in total. The predicted octanol–water partition coefficient (Wildman–Crippen LogP) is 2.01. The lowest BCUT2D eigenvalue weighted by atomic mass is 10.1. The molecule has 0 aromatic carbocycles. The Kier molecular flexibility index (Phi) is 5.26. The SMILES string of the molecule is CC/C(C)=C(C)\C(=C/NC)NC. The molecule has 70 valence electrons. The van der Waals surface area contributed by atoms with E-state index in [4.69, 9.17) is 0 Å². The molecular weight excluding hydrogens is 148 g/mol. The Hall–Kier alpha value is -0.920. The van der Waals surface area contributed by atoms with Crippen LogP contribution in [0.5, 0.6) is 0 Å². The minimum atomic E-state index is 1.11. The molecule has 0 aliphatic heterocycles. The van der Waals surface area contributed by atoms with Crippen molar-refractivity contribution in [2.45, 2.75) is 27.2 Å². The van der Waals surface area contributed by atoms with E-state index >= 15 is 0 Å². The van der Waals surface area contributed by atoms with Crippen LogP contribution in [0.3, 0.4) is 0 Å². The maximum absolute atomic E-state index is 3.16. The minimum absolute atomic E-state index is 1.11. The molecule has 0 unspecified atom stereocenters. The summed E-state index contributed by atoms with van der Waals surface area (Å²) >= 11 is 0. The molecule has 0 rings (SSSR count). The van der Waals surface area contributed by atoms with Crippen LogP contribution in [0.4, 0.5) is 0 Å². The van der Waals surface area contributed by atoms with Gasteiger partial charge in [0, 0.05) is 20.3 Å². The van der Waals surface area contributed by atoms with Gasteiger partial charge in [-0.3, -0.25) is 0 Å². The number of hydrogen-bond donors (Lipinski definition) is 2. The fourth-order valence-corrected chi connectivity index (χ4v) is 1.01. The number of rotatable bonds is 4. The summed E-state index contributed by atoms with van der Waals surface area (Å²) in [7, 11) is 3.85. The molecular formula is C10H20N2. The fourth-order valence-electron chi connectivity index (χ4n) is 1.01. The highest BCUT2D eigenvalue weighted by Crippen LogP contribution is 2.13. The van der Waals surface area contributed by atoms with E-state index in [1.165, 1.54) is 11.1 Å². The first-order valence-electron chi connectivity index (χ1n) is 4.39. The molecule has 0 aromatic rings. The normalized spacial score (nSPS) is 13.9. The first-order valence-corrected chi connectivity index (χ1v) is 4.39. The summed E-state index contributed by atoms with van der Waals surface area (Å²) < 4.78 is 0. The van der Waals surface area contributed by atoms with E-state index in [0.29, 0.717) is 0 Å². The van der Waals surface area contributed by atoms with Crippen molar-refractivity contribution in [3.8, 4) is 0 Å². The fraction of sp³-hybridized carbons (Fsp3) is 0.600. The third-order valence-electron chi connectivity index (χ3n) is 2.13. The highest BCUT2D eigenvalue weighted by Gasteiger charge is 1.99. The van der Waals surface area contributed by atoms with Gasteiger partial charge in [0.1, 0.15) is 0 Å². The number of likely N-dealkylation sites (N-methyl/N-ethyl adjacent to an activating group) is 1. The molecule has 0 atom stereocenters. The summed E-state index contributed by atoms with van der Waals surface area (Å²) in [5, 5.41) is 6.18. The summed E-state index contributed by atoms with van der Waals surface area (Å²) in [5.41, 5.74) is 3.91. The maximum Gasteiger partial charge on any atom is 0.0526 e. The molecule has 0 saturated carbocycles.